The lowest BCUT2D eigenvalue weighted by molar-refractivity contribution is -0.141. The highest BCUT2D eigenvalue weighted by atomic mass is 16.4. The first kappa shape index (κ1) is 18.9. The molecule has 0 radical (unpaired) electrons. The quantitative estimate of drug-likeness (QED) is 0.540. The van der Waals surface area contributed by atoms with Crippen LogP contribution in [0.3, 0.4) is 0 Å². The molecule has 5 heteroatoms. The van der Waals surface area contributed by atoms with E-state index in [-0.39, 0.29) is 5.91 Å². The molecule has 0 bridgehead atoms. The molecule has 0 aromatic carbocycles. The van der Waals surface area contributed by atoms with Gasteiger partial charge in [-0.2, -0.15) is 0 Å². The van der Waals surface area contributed by atoms with Gasteiger partial charge in [0.1, 0.15) is 6.04 Å². The van der Waals surface area contributed by atoms with E-state index in [0.29, 0.717) is 12.8 Å². The summed E-state index contributed by atoms with van der Waals surface area (Å²) in [7, 11) is 4.17. The Hall–Kier alpha value is -1.10. The van der Waals surface area contributed by atoms with E-state index in [1.807, 2.05) is 0 Å². The van der Waals surface area contributed by atoms with Crippen LogP contribution >= 0.6 is 0 Å². The molecule has 0 saturated heterocycles. The first-order valence-electron chi connectivity index (χ1n) is 7.64. The van der Waals surface area contributed by atoms with Gasteiger partial charge >= 0.3 is 5.97 Å². The minimum absolute atomic E-state index is 0.146. The van der Waals surface area contributed by atoms with Gasteiger partial charge in [-0.25, -0.2) is 4.79 Å². The third-order valence-corrected chi connectivity index (χ3v) is 3.30. The summed E-state index contributed by atoms with van der Waals surface area (Å²) in [5.74, 6) is -1.10. The van der Waals surface area contributed by atoms with Gasteiger partial charge in [-0.1, -0.05) is 32.6 Å². The van der Waals surface area contributed by atoms with Gasteiger partial charge in [0.15, 0.2) is 0 Å². The van der Waals surface area contributed by atoms with Crippen LogP contribution in [-0.4, -0.2) is 48.6 Å². The van der Waals surface area contributed by atoms with Crippen LogP contribution in [0.2, 0.25) is 0 Å². The second-order valence-electron chi connectivity index (χ2n) is 5.54. The lowest BCUT2D eigenvalue weighted by Crippen LogP contribution is -2.40. The molecule has 5 nitrogen and oxygen atoms in total. The molecule has 0 rings (SSSR count). The van der Waals surface area contributed by atoms with E-state index >= 15 is 0 Å². The number of aliphatic carboxylic acids is 1. The molecule has 0 heterocycles. The first-order valence-corrected chi connectivity index (χ1v) is 7.64. The van der Waals surface area contributed by atoms with Crippen molar-refractivity contribution in [3.63, 3.8) is 0 Å². The zero-order valence-electron chi connectivity index (χ0n) is 13.2. The molecule has 1 amide bonds. The molecule has 118 valence electrons. The van der Waals surface area contributed by atoms with Crippen molar-refractivity contribution in [2.24, 2.45) is 0 Å². The van der Waals surface area contributed by atoms with Crippen LogP contribution in [0.4, 0.5) is 0 Å². The van der Waals surface area contributed by atoms with Crippen molar-refractivity contribution < 1.29 is 14.7 Å². The van der Waals surface area contributed by atoms with Crippen molar-refractivity contribution in [3.05, 3.63) is 0 Å². The molecule has 0 aliphatic carbocycles. The Labute approximate surface area is 122 Å². The maximum atomic E-state index is 11.5. The standard InChI is InChI=1S/C15H30N2O3/c1-4-13(15(19)20)16-14(18)11-9-7-5-6-8-10-12-17(2)3/h13H,4-12H2,1-3H3,(H,16,18)(H,19,20). The fourth-order valence-electron chi connectivity index (χ4n) is 2.03. The monoisotopic (exact) mass is 286 g/mol. The number of nitrogens with zero attached hydrogens (tertiary/aromatic N) is 1. The molecule has 0 aromatic rings. The Kier molecular flexibility index (Phi) is 11.1. The van der Waals surface area contributed by atoms with E-state index in [1.54, 1.807) is 6.92 Å². The summed E-state index contributed by atoms with van der Waals surface area (Å²) >= 11 is 0. The van der Waals surface area contributed by atoms with Gasteiger partial charge in [0, 0.05) is 6.42 Å². The number of rotatable bonds is 12. The molecule has 0 aliphatic rings. The molecule has 0 fully saturated rings. The number of hydrogen-bond donors (Lipinski definition) is 2. The third-order valence-electron chi connectivity index (χ3n) is 3.30. The summed E-state index contributed by atoms with van der Waals surface area (Å²) in [6.45, 7) is 2.89. The van der Waals surface area contributed by atoms with E-state index in [1.165, 1.54) is 19.3 Å². The molecular weight excluding hydrogens is 256 g/mol. The normalized spacial score (nSPS) is 12.4. The zero-order valence-corrected chi connectivity index (χ0v) is 13.2. The van der Waals surface area contributed by atoms with Crippen LogP contribution in [0, 0.1) is 0 Å². The maximum absolute atomic E-state index is 11.5. The number of amides is 1. The minimum Gasteiger partial charge on any atom is -0.480 e. The molecule has 1 unspecified atom stereocenters. The Morgan fingerprint density at radius 1 is 1.05 bits per heavy atom. The summed E-state index contributed by atoms with van der Waals surface area (Å²) in [6, 6.07) is -0.742. The van der Waals surface area contributed by atoms with Crippen molar-refractivity contribution in [3.8, 4) is 0 Å². The summed E-state index contributed by atoms with van der Waals surface area (Å²) in [5.41, 5.74) is 0. The van der Waals surface area contributed by atoms with Gasteiger partial charge in [0.2, 0.25) is 5.91 Å². The van der Waals surface area contributed by atoms with Crippen LogP contribution in [0.25, 0.3) is 0 Å². The average Bonchev–Trinajstić information content (AvgIpc) is 2.38. The van der Waals surface area contributed by atoms with Crippen molar-refractivity contribution >= 4 is 11.9 Å². The SMILES string of the molecule is CCC(NC(=O)CCCCCCCCN(C)C)C(=O)O. The van der Waals surface area contributed by atoms with Gasteiger partial charge in [-0.15, -0.1) is 0 Å². The van der Waals surface area contributed by atoms with E-state index in [2.05, 4.69) is 24.3 Å². The van der Waals surface area contributed by atoms with Gasteiger partial charge in [-0.05, 0) is 39.9 Å². The van der Waals surface area contributed by atoms with E-state index in [4.69, 9.17) is 5.11 Å². The van der Waals surface area contributed by atoms with Crippen molar-refractivity contribution in [1.29, 1.82) is 0 Å². The first-order chi connectivity index (χ1) is 9.47. The van der Waals surface area contributed by atoms with Crippen molar-refractivity contribution in [1.82, 2.24) is 10.2 Å². The highest BCUT2D eigenvalue weighted by Gasteiger charge is 2.16. The Morgan fingerprint density at radius 2 is 1.60 bits per heavy atom. The molecule has 20 heavy (non-hydrogen) atoms. The second kappa shape index (κ2) is 11.7. The summed E-state index contributed by atoms with van der Waals surface area (Å²) in [4.78, 5) is 24.5. The summed E-state index contributed by atoms with van der Waals surface area (Å²) < 4.78 is 0. The predicted molar refractivity (Wildman–Crippen MR) is 80.7 cm³/mol. The van der Waals surface area contributed by atoms with E-state index < -0.39 is 12.0 Å². The third kappa shape index (κ3) is 10.8. The highest BCUT2D eigenvalue weighted by Crippen LogP contribution is 2.07. The van der Waals surface area contributed by atoms with Gasteiger partial charge in [0.05, 0.1) is 0 Å². The summed E-state index contributed by atoms with van der Waals surface area (Å²) in [5, 5.41) is 11.4. The van der Waals surface area contributed by atoms with Crippen LogP contribution in [0.15, 0.2) is 0 Å². The summed E-state index contributed by atoms with van der Waals surface area (Å²) in [6.07, 6.45) is 7.56. The van der Waals surface area contributed by atoms with Crippen LogP contribution in [-0.2, 0) is 9.59 Å². The van der Waals surface area contributed by atoms with Gasteiger partial charge in [-0.3, -0.25) is 4.79 Å². The largest absolute Gasteiger partial charge is 0.480 e. The smallest absolute Gasteiger partial charge is 0.326 e. The van der Waals surface area contributed by atoms with Crippen molar-refractivity contribution in [2.45, 2.75) is 64.3 Å². The van der Waals surface area contributed by atoms with Crippen LogP contribution in [0.1, 0.15) is 58.3 Å². The predicted octanol–water partition coefficient (Wildman–Crippen LogP) is 2.26. The number of nitrogens with one attached hydrogen (secondary N) is 1. The molecule has 2 N–H and O–H groups in total. The highest BCUT2D eigenvalue weighted by molar-refractivity contribution is 5.83. The van der Waals surface area contributed by atoms with Crippen LogP contribution < -0.4 is 5.32 Å². The maximum Gasteiger partial charge on any atom is 0.326 e. The number of carboxylic acids is 1. The minimum atomic E-state index is -0.957. The zero-order chi connectivity index (χ0) is 15.4. The van der Waals surface area contributed by atoms with Gasteiger partial charge < -0.3 is 15.3 Å². The lowest BCUT2D eigenvalue weighted by Gasteiger charge is -2.12. The molecule has 0 aliphatic heterocycles. The number of hydrogen-bond acceptors (Lipinski definition) is 3. The topological polar surface area (TPSA) is 69.6 Å². The lowest BCUT2D eigenvalue weighted by atomic mass is 10.1. The van der Waals surface area contributed by atoms with E-state index in [0.717, 1.165) is 25.8 Å². The molecule has 1 atom stereocenters. The Morgan fingerprint density at radius 3 is 2.10 bits per heavy atom. The van der Waals surface area contributed by atoms with Gasteiger partial charge in [0.25, 0.3) is 0 Å². The fraction of sp³-hybridized carbons (Fsp3) is 0.867. The number of carbonyl (C=O) groups excluding carboxylic acids is 1. The van der Waals surface area contributed by atoms with Crippen molar-refractivity contribution in [2.75, 3.05) is 20.6 Å². The second-order valence-corrected chi connectivity index (χ2v) is 5.54. The molecule has 0 saturated carbocycles. The fourth-order valence-corrected chi connectivity index (χ4v) is 2.03. The Bertz CT molecular complexity index is 280. The Balaban J connectivity index is 3.46. The number of carboxylic acid groups (broad SMARTS) is 1. The molecule has 0 aromatic heterocycles. The van der Waals surface area contributed by atoms with E-state index in [9.17, 15) is 9.59 Å². The van der Waals surface area contributed by atoms with Crippen LogP contribution in [0.5, 0.6) is 0 Å². The number of unbranched alkanes of at least 4 members (excludes halogenated alkanes) is 5. The number of carbonyl (C=O) groups is 2. The average molecular weight is 286 g/mol. The molecule has 0 spiro atoms. The molecular formula is C15H30N2O3.